The van der Waals surface area contributed by atoms with Crippen molar-refractivity contribution in [1.82, 2.24) is 4.90 Å². The van der Waals surface area contributed by atoms with Crippen LogP contribution >= 0.6 is 24.2 Å². The van der Waals surface area contributed by atoms with E-state index in [9.17, 15) is 0 Å². The van der Waals surface area contributed by atoms with Gasteiger partial charge in [0, 0.05) is 19.3 Å². The van der Waals surface area contributed by atoms with E-state index in [-0.39, 0.29) is 12.4 Å². The first-order chi connectivity index (χ1) is 8.29. The van der Waals surface area contributed by atoms with Crippen LogP contribution in [-0.2, 0) is 0 Å². The SMILES string of the molecule is CCCOc1ccc(N=C2SCCN2C)cc1.Cl. The van der Waals surface area contributed by atoms with E-state index in [4.69, 9.17) is 4.74 Å². The summed E-state index contributed by atoms with van der Waals surface area (Å²) in [7, 11) is 2.08. The van der Waals surface area contributed by atoms with Crippen molar-refractivity contribution in [2.24, 2.45) is 4.99 Å². The molecule has 0 spiro atoms. The smallest absolute Gasteiger partial charge is 0.164 e. The van der Waals surface area contributed by atoms with Gasteiger partial charge in [0.25, 0.3) is 0 Å². The maximum atomic E-state index is 5.54. The quantitative estimate of drug-likeness (QED) is 0.846. The van der Waals surface area contributed by atoms with Crippen LogP contribution in [0, 0.1) is 0 Å². The normalized spacial score (nSPS) is 16.8. The van der Waals surface area contributed by atoms with E-state index in [2.05, 4.69) is 23.9 Å². The van der Waals surface area contributed by atoms with Crippen LogP contribution in [0.1, 0.15) is 13.3 Å². The highest BCUT2D eigenvalue weighted by atomic mass is 35.5. The molecule has 3 nitrogen and oxygen atoms in total. The number of nitrogens with zero attached hydrogens (tertiary/aromatic N) is 2. The molecule has 1 heterocycles. The van der Waals surface area contributed by atoms with Gasteiger partial charge in [0.05, 0.1) is 12.3 Å². The zero-order valence-electron chi connectivity index (χ0n) is 10.8. The topological polar surface area (TPSA) is 24.8 Å². The first-order valence-electron chi connectivity index (χ1n) is 5.95. The minimum Gasteiger partial charge on any atom is -0.494 e. The summed E-state index contributed by atoms with van der Waals surface area (Å²) >= 11 is 1.81. The summed E-state index contributed by atoms with van der Waals surface area (Å²) in [6.45, 7) is 3.96. The lowest BCUT2D eigenvalue weighted by molar-refractivity contribution is 0.317. The van der Waals surface area contributed by atoms with Crippen molar-refractivity contribution in [2.75, 3.05) is 26.0 Å². The molecule has 0 amide bonds. The zero-order valence-corrected chi connectivity index (χ0v) is 12.4. The van der Waals surface area contributed by atoms with E-state index in [1.165, 1.54) is 0 Å². The van der Waals surface area contributed by atoms with Crippen LogP contribution in [0.2, 0.25) is 0 Å². The van der Waals surface area contributed by atoms with Gasteiger partial charge in [-0.15, -0.1) is 12.4 Å². The monoisotopic (exact) mass is 286 g/mol. The minimum absolute atomic E-state index is 0. The van der Waals surface area contributed by atoms with Crippen molar-refractivity contribution in [1.29, 1.82) is 0 Å². The first kappa shape index (κ1) is 15.2. The molecule has 18 heavy (non-hydrogen) atoms. The van der Waals surface area contributed by atoms with E-state index in [1.807, 2.05) is 36.0 Å². The van der Waals surface area contributed by atoms with Crippen molar-refractivity contribution >= 4 is 35.0 Å². The van der Waals surface area contributed by atoms with E-state index < -0.39 is 0 Å². The second kappa shape index (κ2) is 7.54. The fourth-order valence-corrected chi connectivity index (χ4v) is 2.57. The lowest BCUT2D eigenvalue weighted by Gasteiger charge is -2.09. The third kappa shape index (κ3) is 4.10. The Kier molecular flexibility index (Phi) is 6.36. The van der Waals surface area contributed by atoms with Crippen molar-refractivity contribution in [2.45, 2.75) is 13.3 Å². The van der Waals surface area contributed by atoms with Crippen molar-refractivity contribution in [3.05, 3.63) is 24.3 Å². The van der Waals surface area contributed by atoms with Gasteiger partial charge in [0.1, 0.15) is 5.75 Å². The largest absolute Gasteiger partial charge is 0.494 e. The number of hydrogen-bond donors (Lipinski definition) is 0. The van der Waals surface area contributed by atoms with Gasteiger partial charge in [-0.3, -0.25) is 0 Å². The zero-order chi connectivity index (χ0) is 12.1. The highest BCUT2D eigenvalue weighted by molar-refractivity contribution is 8.14. The lowest BCUT2D eigenvalue weighted by atomic mass is 10.3. The Balaban J connectivity index is 0.00000162. The summed E-state index contributed by atoms with van der Waals surface area (Å²) in [6.07, 6.45) is 1.03. The Hall–Kier alpha value is -0.870. The summed E-state index contributed by atoms with van der Waals surface area (Å²) in [5.41, 5.74) is 0.991. The number of halogens is 1. The highest BCUT2D eigenvalue weighted by Gasteiger charge is 2.14. The van der Waals surface area contributed by atoms with Crippen molar-refractivity contribution < 1.29 is 4.74 Å². The van der Waals surface area contributed by atoms with Crippen LogP contribution in [0.5, 0.6) is 5.75 Å². The molecule has 2 rings (SSSR count). The summed E-state index contributed by atoms with van der Waals surface area (Å²) < 4.78 is 5.54. The molecule has 1 saturated heterocycles. The molecule has 0 aromatic heterocycles. The van der Waals surface area contributed by atoms with Gasteiger partial charge in [-0.05, 0) is 30.7 Å². The Morgan fingerprint density at radius 2 is 2.06 bits per heavy atom. The molecular weight excluding hydrogens is 268 g/mol. The number of aliphatic imine (C=N–C) groups is 1. The molecule has 0 atom stereocenters. The number of rotatable bonds is 4. The van der Waals surface area contributed by atoms with Crippen LogP contribution in [-0.4, -0.2) is 36.0 Å². The maximum Gasteiger partial charge on any atom is 0.164 e. The van der Waals surface area contributed by atoms with Crippen LogP contribution in [0.3, 0.4) is 0 Å². The average molecular weight is 287 g/mol. The Labute approximate surface area is 119 Å². The van der Waals surface area contributed by atoms with Gasteiger partial charge in [-0.25, -0.2) is 4.99 Å². The molecule has 0 unspecified atom stereocenters. The van der Waals surface area contributed by atoms with Crippen LogP contribution in [0.4, 0.5) is 5.69 Å². The van der Waals surface area contributed by atoms with Gasteiger partial charge in [-0.2, -0.15) is 0 Å². The molecule has 1 aliphatic rings. The lowest BCUT2D eigenvalue weighted by Crippen LogP contribution is -2.17. The fourth-order valence-electron chi connectivity index (χ4n) is 1.54. The van der Waals surface area contributed by atoms with E-state index in [0.717, 1.165) is 41.9 Å². The number of thioether (sulfide) groups is 1. The van der Waals surface area contributed by atoms with E-state index >= 15 is 0 Å². The molecule has 5 heteroatoms. The fraction of sp³-hybridized carbons (Fsp3) is 0.462. The first-order valence-corrected chi connectivity index (χ1v) is 6.93. The molecule has 100 valence electrons. The average Bonchev–Trinajstić information content (AvgIpc) is 2.74. The minimum atomic E-state index is 0. The molecule has 0 bridgehead atoms. The third-order valence-electron chi connectivity index (χ3n) is 2.52. The molecule has 0 saturated carbocycles. The molecule has 1 fully saturated rings. The molecule has 0 N–H and O–H groups in total. The Morgan fingerprint density at radius 1 is 1.33 bits per heavy atom. The van der Waals surface area contributed by atoms with Gasteiger partial charge in [0.2, 0.25) is 0 Å². The Bertz CT molecular complexity index is 394. The molecule has 1 aromatic rings. The summed E-state index contributed by atoms with van der Waals surface area (Å²) in [5.74, 6) is 2.05. The molecule has 1 aliphatic heterocycles. The number of benzene rings is 1. The molecular formula is C13H19ClN2OS. The van der Waals surface area contributed by atoms with Gasteiger partial charge in [0.15, 0.2) is 5.17 Å². The van der Waals surface area contributed by atoms with Crippen LogP contribution < -0.4 is 4.74 Å². The highest BCUT2D eigenvalue weighted by Crippen LogP contribution is 2.23. The maximum absolute atomic E-state index is 5.54. The van der Waals surface area contributed by atoms with Crippen molar-refractivity contribution in [3.8, 4) is 5.75 Å². The summed E-state index contributed by atoms with van der Waals surface area (Å²) in [4.78, 5) is 6.80. The van der Waals surface area contributed by atoms with Crippen molar-refractivity contribution in [3.63, 3.8) is 0 Å². The standard InChI is InChI=1S/C13H18N2OS.ClH/c1-3-9-16-12-6-4-11(5-7-12)14-13-15(2)8-10-17-13;/h4-7H,3,8-10H2,1-2H3;1H. The molecule has 1 aromatic carbocycles. The van der Waals surface area contributed by atoms with Gasteiger partial charge >= 0.3 is 0 Å². The van der Waals surface area contributed by atoms with E-state index in [1.54, 1.807) is 0 Å². The van der Waals surface area contributed by atoms with Crippen LogP contribution in [0.15, 0.2) is 29.3 Å². The second-order valence-corrected chi connectivity index (χ2v) is 5.07. The number of amidine groups is 1. The second-order valence-electron chi connectivity index (χ2n) is 4.01. The number of ether oxygens (including phenoxy) is 1. The predicted octanol–water partition coefficient (Wildman–Crippen LogP) is 3.56. The molecule has 0 radical (unpaired) electrons. The summed E-state index contributed by atoms with van der Waals surface area (Å²) in [5, 5.41) is 1.10. The third-order valence-corrected chi connectivity index (χ3v) is 3.57. The van der Waals surface area contributed by atoms with E-state index in [0.29, 0.717) is 0 Å². The van der Waals surface area contributed by atoms with Crippen LogP contribution in [0.25, 0.3) is 0 Å². The number of hydrogen-bond acceptors (Lipinski definition) is 3. The predicted molar refractivity (Wildman–Crippen MR) is 81.7 cm³/mol. The van der Waals surface area contributed by atoms with Gasteiger partial charge in [-0.1, -0.05) is 18.7 Å². The Morgan fingerprint density at radius 3 is 2.61 bits per heavy atom. The molecule has 0 aliphatic carbocycles. The van der Waals surface area contributed by atoms with Gasteiger partial charge < -0.3 is 9.64 Å². The summed E-state index contributed by atoms with van der Waals surface area (Å²) in [6, 6.07) is 7.97.